The Hall–Kier alpha value is -5.38. The van der Waals surface area contributed by atoms with Gasteiger partial charge in [-0.1, -0.05) is 40.9 Å². The summed E-state index contributed by atoms with van der Waals surface area (Å²) in [5, 5.41) is 8.97. The molecule has 5 heterocycles. The van der Waals surface area contributed by atoms with Crippen molar-refractivity contribution < 1.29 is 27.2 Å². The van der Waals surface area contributed by atoms with E-state index in [9.17, 15) is 27.2 Å². The molecule has 11 nitrogen and oxygen atoms in total. The second kappa shape index (κ2) is 17.6. The third-order valence-corrected chi connectivity index (χ3v) is 10.7. The summed E-state index contributed by atoms with van der Waals surface area (Å²) < 4.78 is 52.9. The highest BCUT2D eigenvalue weighted by Gasteiger charge is 2.36. The summed E-state index contributed by atoms with van der Waals surface area (Å²) in [5.74, 6) is -0.957. The summed E-state index contributed by atoms with van der Waals surface area (Å²) in [7, 11) is 0. The van der Waals surface area contributed by atoms with Gasteiger partial charge in [0.2, 0.25) is 0 Å². The van der Waals surface area contributed by atoms with E-state index in [0.29, 0.717) is 53.1 Å². The van der Waals surface area contributed by atoms with E-state index in [1.165, 1.54) is 6.33 Å². The molecule has 0 radical (unpaired) electrons. The van der Waals surface area contributed by atoms with Crippen LogP contribution in [-0.2, 0) is 6.18 Å². The largest absolute Gasteiger partial charge is 0.419 e. The average molecular weight is 855 g/mol. The summed E-state index contributed by atoms with van der Waals surface area (Å²) in [6, 6.07) is 16.9. The number of carbonyl (C=O) groups is 2. The molecule has 6 aromatic rings. The van der Waals surface area contributed by atoms with Crippen molar-refractivity contribution in [2.45, 2.75) is 43.9 Å². The summed E-state index contributed by atoms with van der Waals surface area (Å²) in [4.78, 5) is 50.4. The average Bonchev–Trinajstić information content (AvgIpc) is 3.21. The zero-order valence-electron chi connectivity index (χ0n) is 30.5. The van der Waals surface area contributed by atoms with Gasteiger partial charge in [0, 0.05) is 65.3 Å². The molecule has 2 aliphatic heterocycles. The van der Waals surface area contributed by atoms with Gasteiger partial charge in [-0.2, -0.15) is 13.2 Å². The quantitative estimate of drug-likeness (QED) is 0.125. The number of benzene rings is 3. The SMILES string of the molecule is O=C(NC1CCN(c2ncnc3cc(Cl)ccc23)CC1)c1cccc(C(F)(F)F)c1F.O=C(NC1CCN(c2ncnc3cc(Cl)ccc23)CC1)c1cccnc1Cl. The van der Waals surface area contributed by atoms with E-state index in [1.54, 1.807) is 36.8 Å². The Labute approximate surface area is 344 Å². The first-order valence-electron chi connectivity index (χ1n) is 18.2. The normalized spacial score (nSPS) is 15.2. The Morgan fingerprint density at radius 3 is 1.60 bits per heavy atom. The predicted octanol–water partition coefficient (Wildman–Crippen LogP) is 8.57. The molecule has 0 spiro atoms. The molecule has 3 aromatic carbocycles. The van der Waals surface area contributed by atoms with Crippen molar-refractivity contribution in [3.8, 4) is 0 Å². The highest BCUT2D eigenvalue weighted by molar-refractivity contribution is 6.32. The van der Waals surface area contributed by atoms with Crippen LogP contribution in [0.5, 0.6) is 0 Å². The van der Waals surface area contributed by atoms with Crippen LogP contribution in [0.4, 0.5) is 29.2 Å². The molecule has 300 valence electrons. The minimum absolute atomic E-state index is 0.0903. The van der Waals surface area contributed by atoms with Crippen LogP contribution in [0.25, 0.3) is 21.8 Å². The van der Waals surface area contributed by atoms with Crippen LogP contribution in [0.2, 0.25) is 15.2 Å². The fourth-order valence-electron chi connectivity index (χ4n) is 7.02. The van der Waals surface area contributed by atoms with E-state index in [-0.39, 0.29) is 23.1 Å². The van der Waals surface area contributed by atoms with E-state index in [2.05, 4.69) is 40.5 Å². The maximum Gasteiger partial charge on any atom is 0.419 e. The molecule has 0 saturated carbocycles. The number of nitrogens with one attached hydrogen (secondary N) is 2. The van der Waals surface area contributed by atoms with Gasteiger partial charge in [-0.15, -0.1) is 0 Å². The van der Waals surface area contributed by atoms with Gasteiger partial charge in [-0.3, -0.25) is 9.59 Å². The number of piperidine rings is 2. The molecule has 0 aliphatic carbocycles. The molecule has 2 aliphatic rings. The number of anilines is 2. The van der Waals surface area contributed by atoms with Gasteiger partial charge in [0.1, 0.15) is 35.3 Å². The number of alkyl halides is 3. The highest BCUT2D eigenvalue weighted by Crippen LogP contribution is 2.33. The lowest BCUT2D eigenvalue weighted by Gasteiger charge is -2.33. The zero-order chi connectivity index (χ0) is 41.0. The molecule has 0 bridgehead atoms. The van der Waals surface area contributed by atoms with Gasteiger partial charge in [-0.25, -0.2) is 29.3 Å². The van der Waals surface area contributed by atoms with Crippen LogP contribution >= 0.6 is 34.8 Å². The van der Waals surface area contributed by atoms with E-state index in [1.807, 2.05) is 29.2 Å². The Morgan fingerprint density at radius 1 is 0.638 bits per heavy atom. The Morgan fingerprint density at radius 2 is 1.12 bits per heavy atom. The molecule has 2 saturated heterocycles. The first kappa shape index (κ1) is 40.8. The second-order valence-electron chi connectivity index (χ2n) is 13.7. The molecule has 2 N–H and O–H groups in total. The molecule has 0 unspecified atom stereocenters. The molecular weight excluding hydrogens is 821 g/mol. The smallest absolute Gasteiger partial charge is 0.356 e. The van der Waals surface area contributed by atoms with Gasteiger partial charge >= 0.3 is 6.18 Å². The Bertz CT molecular complexity index is 2460. The van der Waals surface area contributed by atoms with Crippen molar-refractivity contribution >= 4 is 80.1 Å². The number of rotatable bonds is 6. The Balaban J connectivity index is 0.000000178. The maximum absolute atomic E-state index is 14.2. The van der Waals surface area contributed by atoms with Crippen LogP contribution in [0.1, 0.15) is 52.0 Å². The molecule has 2 fully saturated rings. The summed E-state index contributed by atoms with van der Waals surface area (Å²) in [5.41, 5.74) is -0.121. The number of halogens is 7. The van der Waals surface area contributed by atoms with E-state index in [0.717, 1.165) is 66.0 Å². The lowest BCUT2D eigenvalue weighted by Crippen LogP contribution is -2.45. The number of aromatic nitrogens is 5. The number of nitrogens with zero attached hydrogens (tertiary/aromatic N) is 7. The third-order valence-electron chi connectivity index (χ3n) is 9.97. The number of hydrogen-bond donors (Lipinski definition) is 2. The van der Waals surface area contributed by atoms with Gasteiger partial charge in [-0.05, 0) is 86.3 Å². The minimum Gasteiger partial charge on any atom is -0.356 e. The first-order valence-corrected chi connectivity index (χ1v) is 19.4. The van der Waals surface area contributed by atoms with E-state index in [4.69, 9.17) is 34.8 Å². The molecule has 8 rings (SSSR count). The molecule has 18 heteroatoms. The standard InChI is InChI=1S/C21H17ClF4N4O.C19H17Cl2N5O/c22-12-4-5-14-17(10-12)27-11-28-19(14)30-8-6-13(7-9-30)29-20(31)15-2-1-3-16(18(15)23)21(24,25)26;20-12-3-4-14-16(10-12)23-11-24-18(14)26-8-5-13(6-9-26)25-19(27)15-2-1-7-22-17(15)21/h1-5,10-11,13H,6-9H2,(H,29,31);1-4,7,10-11,13H,5-6,8-9H2,(H,25,27). The number of pyridine rings is 1. The van der Waals surface area contributed by atoms with Crippen LogP contribution in [0.3, 0.4) is 0 Å². The fraction of sp³-hybridized carbons (Fsp3) is 0.275. The van der Waals surface area contributed by atoms with E-state index >= 15 is 0 Å². The number of amides is 2. The van der Waals surface area contributed by atoms with Crippen LogP contribution in [0.15, 0.2) is 85.6 Å². The summed E-state index contributed by atoms with van der Waals surface area (Å²) in [6.07, 6.45) is 2.43. The molecule has 58 heavy (non-hydrogen) atoms. The lowest BCUT2D eigenvalue weighted by atomic mass is 10.0. The topological polar surface area (TPSA) is 129 Å². The number of carbonyl (C=O) groups excluding carboxylic acids is 2. The van der Waals surface area contributed by atoms with Crippen molar-refractivity contribution in [1.29, 1.82) is 0 Å². The minimum atomic E-state index is -4.86. The van der Waals surface area contributed by atoms with Gasteiger partial charge in [0.25, 0.3) is 11.8 Å². The molecule has 0 atom stereocenters. The van der Waals surface area contributed by atoms with Crippen molar-refractivity contribution in [3.63, 3.8) is 0 Å². The molecule has 2 amide bonds. The van der Waals surface area contributed by atoms with Crippen LogP contribution in [-0.4, -0.2) is 75.0 Å². The second-order valence-corrected chi connectivity index (χ2v) is 14.9. The molecular formula is C40H34Cl3F4N9O2. The highest BCUT2D eigenvalue weighted by atomic mass is 35.5. The monoisotopic (exact) mass is 853 g/mol. The number of hydrogen-bond acceptors (Lipinski definition) is 9. The van der Waals surface area contributed by atoms with Crippen LogP contribution < -0.4 is 20.4 Å². The van der Waals surface area contributed by atoms with Crippen molar-refractivity contribution in [2.75, 3.05) is 36.0 Å². The van der Waals surface area contributed by atoms with Crippen molar-refractivity contribution in [2.24, 2.45) is 0 Å². The maximum atomic E-state index is 14.2. The van der Waals surface area contributed by atoms with Gasteiger partial charge in [0.05, 0.1) is 27.7 Å². The predicted molar refractivity (Wildman–Crippen MR) is 215 cm³/mol. The van der Waals surface area contributed by atoms with Gasteiger partial charge < -0.3 is 20.4 Å². The number of fused-ring (bicyclic) bond motifs is 2. The zero-order valence-corrected chi connectivity index (χ0v) is 32.8. The summed E-state index contributed by atoms with van der Waals surface area (Å²) >= 11 is 18.1. The fourth-order valence-corrected chi connectivity index (χ4v) is 7.55. The lowest BCUT2D eigenvalue weighted by molar-refractivity contribution is -0.140. The Kier molecular flexibility index (Phi) is 12.4. The van der Waals surface area contributed by atoms with E-state index < -0.39 is 29.0 Å². The summed E-state index contributed by atoms with van der Waals surface area (Å²) in [6.45, 7) is 2.70. The molecule has 3 aromatic heterocycles. The van der Waals surface area contributed by atoms with Crippen LogP contribution in [0, 0.1) is 5.82 Å². The third kappa shape index (κ3) is 9.32. The van der Waals surface area contributed by atoms with Crippen molar-refractivity contribution in [1.82, 2.24) is 35.6 Å². The van der Waals surface area contributed by atoms with Gasteiger partial charge in [0.15, 0.2) is 0 Å². The first-order chi connectivity index (χ1) is 27.9. The van der Waals surface area contributed by atoms with Crippen molar-refractivity contribution in [3.05, 3.63) is 123 Å².